The Balaban J connectivity index is 2.08. The van der Waals surface area contributed by atoms with Gasteiger partial charge >= 0.3 is 5.97 Å². The molecular weight excluding hydrogens is 348 g/mol. The molecule has 0 spiro atoms. The van der Waals surface area contributed by atoms with Gasteiger partial charge in [0.2, 0.25) is 5.91 Å². The van der Waals surface area contributed by atoms with Crippen molar-refractivity contribution in [1.29, 1.82) is 0 Å². The van der Waals surface area contributed by atoms with Crippen molar-refractivity contribution in [3.05, 3.63) is 54.1 Å². The van der Waals surface area contributed by atoms with Crippen molar-refractivity contribution >= 4 is 27.6 Å². The fourth-order valence-corrected chi connectivity index (χ4v) is 3.02. The van der Waals surface area contributed by atoms with Crippen LogP contribution in [0.1, 0.15) is 5.56 Å². The molecule has 0 atom stereocenters. The second-order valence-electron chi connectivity index (χ2n) is 5.10. The standard InChI is InChI=1S/C16H16N2O6S/c17-15(19)9-11-1-3-12(4-2-11)18-25(22,23)14-7-5-13(6-8-14)24-10-16(20)21/h1-8,18H,9-10H2,(H2,17,19)(H,20,21). The highest BCUT2D eigenvalue weighted by Crippen LogP contribution is 2.19. The lowest BCUT2D eigenvalue weighted by Gasteiger charge is -2.09. The molecule has 0 aliphatic carbocycles. The van der Waals surface area contributed by atoms with Gasteiger partial charge in [0.25, 0.3) is 10.0 Å². The van der Waals surface area contributed by atoms with E-state index < -0.39 is 28.5 Å². The van der Waals surface area contributed by atoms with Gasteiger partial charge in [-0.05, 0) is 42.0 Å². The van der Waals surface area contributed by atoms with Crippen LogP contribution in [-0.2, 0) is 26.0 Å². The summed E-state index contributed by atoms with van der Waals surface area (Å²) in [5, 5.41) is 8.53. The number of aliphatic carboxylic acids is 1. The molecule has 0 unspecified atom stereocenters. The lowest BCUT2D eigenvalue weighted by molar-refractivity contribution is -0.139. The molecule has 1 amide bonds. The van der Waals surface area contributed by atoms with Crippen LogP contribution in [0.3, 0.4) is 0 Å². The van der Waals surface area contributed by atoms with Gasteiger partial charge in [-0.1, -0.05) is 12.1 Å². The summed E-state index contributed by atoms with van der Waals surface area (Å²) in [6.45, 7) is -0.512. The number of carboxylic acids is 1. The number of rotatable bonds is 8. The Labute approximate surface area is 144 Å². The number of nitrogens with one attached hydrogen (secondary N) is 1. The number of nitrogens with two attached hydrogens (primary N) is 1. The van der Waals surface area contributed by atoms with Crippen molar-refractivity contribution in [1.82, 2.24) is 0 Å². The summed E-state index contributed by atoms with van der Waals surface area (Å²) in [6.07, 6.45) is 0.0742. The number of sulfonamides is 1. The zero-order valence-corrected chi connectivity index (χ0v) is 13.8. The number of hydrogen-bond acceptors (Lipinski definition) is 5. The first kappa shape index (κ1) is 18.3. The van der Waals surface area contributed by atoms with Gasteiger partial charge in [0.05, 0.1) is 11.3 Å². The number of amides is 1. The monoisotopic (exact) mass is 364 g/mol. The Morgan fingerprint density at radius 2 is 1.64 bits per heavy atom. The SMILES string of the molecule is NC(=O)Cc1ccc(NS(=O)(=O)c2ccc(OCC(=O)O)cc2)cc1. The lowest BCUT2D eigenvalue weighted by Crippen LogP contribution is -2.14. The van der Waals surface area contributed by atoms with Crippen LogP contribution in [0.15, 0.2) is 53.4 Å². The first-order valence-corrected chi connectivity index (χ1v) is 8.59. The number of hydrogen-bond donors (Lipinski definition) is 3. The second kappa shape index (κ2) is 7.67. The van der Waals surface area contributed by atoms with Crippen LogP contribution in [0.25, 0.3) is 0 Å². The van der Waals surface area contributed by atoms with Crippen LogP contribution in [0.2, 0.25) is 0 Å². The molecule has 2 aromatic carbocycles. The minimum atomic E-state index is -3.81. The molecule has 9 heteroatoms. The summed E-state index contributed by atoms with van der Waals surface area (Å²) in [4.78, 5) is 21.3. The first-order chi connectivity index (χ1) is 11.8. The lowest BCUT2D eigenvalue weighted by atomic mass is 10.1. The summed E-state index contributed by atoms with van der Waals surface area (Å²) >= 11 is 0. The largest absolute Gasteiger partial charge is 0.482 e. The van der Waals surface area contributed by atoms with E-state index in [1.54, 1.807) is 12.1 Å². The van der Waals surface area contributed by atoms with Crippen molar-refractivity contribution in [2.75, 3.05) is 11.3 Å². The Bertz CT molecular complexity index is 861. The van der Waals surface area contributed by atoms with Crippen LogP contribution in [0.5, 0.6) is 5.75 Å². The van der Waals surface area contributed by atoms with E-state index in [0.29, 0.717) is 11.3 Å². The molecule has 0 heterocycles. The van der Waals surface area contributed by atoms with Crippen LogP contribution < -0.4 is 15.2 Å². The van der Waals surface area contributed by atoms with Gasteiger partial charge in [0.1, 0.15) is 5.75 Å². The smallest absolute Gasteiger partial charge is 0.341 e. The topological polar surface area (TPSA) is 136 Å². The average molecular weight is 364 g/mol. The predicted octanol–water partition coefficient (Wildman–Crippen LogP) is 0.979. The summed E-state index contributed by atoms with van der Waals surface area (Å²) in [5.74, 6) is -1.35. The van der Waals surface area contributed by atoms with Crippen molar-refractivity contribution in [2.45, 2.75) is 11.3 Å². The fraction of sp³-hybridized carbons (Fsp3) is 0.125. The molecule has 0 aliphatic heterocycles. The number of primary amides is 1. The molecule has 0 aromatic heterocycles. The van der Waals surface area contributed by atoms with E-state index in [-0.39, 0.29) is 17.1 Å². The molecule has 25 heavy (non-hydrogen) atoms. The van der Waals surface area contributed by atoms with Gasteiger partial charge in [-0.25, -0.2) is 13.2 Å². The third-order valence-electron chi connectivity index (χ3n) is 3.08. The highest BCUT2D eigenvalue weighted by molar-refractivity contribution is 7.92. The van der Waals surface area contributed by atoms with Gasteiger partial charge in [-0.3, -0.25) is 9.52 Å². The van der Waals surface area contributed by atoms with Crippen molar-refractivity contribution in [3.63, 3.8) is 0 Å². The van der Waals surface area contributed by atoms with Crippen LogP contribution in [0, 0.1) is 0 Å². The Morgan fingerprint density at radius 3 is 2.16 bits per heavy atom. The van der Waals surface area contributed by atoms with Gasteiger partial charge in [0, 0.05) is 5.69 Å². The average Bonchev–Trinajstić information content (AvgIpc) is 2.54. The quantitative estimate of drug-likeness (QED) is 0.639. The van der Waals surface area contributed by atoms with Crippen molar-refractivity contribution < 1.29 is 27.9 Å². The van der Waals surface area contributed by atoms with E-state index in [2.05, 4.69) is 4.72 Å². The summed E-state index contributed by atoms with van der Waals surface area (Å²) in [6, 6.07) is 11.6. The minimum absolute atomic E-state index is 0.00334. The van der Waals surface area contributed by atoms with Crippen molar-refractivity contribution in [2.24, 2.45) is 5.73 Å². The number of benzene rings is 2. The normalized spacial score (nSPS) is 10.9. The van der Waals surface area contributed by atoms with Crippen LogP contribution in [0.4, 0.5) is 5.69 Å². The molecule has 0 aliphatic rings. The van der Waals surface area contributed by atoms with Gasteiger partial charge in [-0.15, -0.1) is 0 Å². The van der Waals surface area contributed by atoms with E-state index in [9.17, 15) is 18.0 Å². The Morgan fingerprint density at radius 1 is 1.04 bits per heavy atom. The van der Waals surface area contributed by atoms with Crippen molar-refractivity contribution in [3.8, 4) is 5.75 Å². The van der Waals surface area contributed by atoms with Crippen LogP contribution in [-0.4, -0.2) is 32.0 Å². The molecule has 0 saturated heterocycles. The van der Waals surface area contributed by atoms with Crippen LogP contribution >= 0.6 is 0 Å². The minimum Gasteiger partial charge on any atom is -0.482 e. The molecule has 8 nitrogen and oxygen atoms in total. The zero-order valence-electron chi connectivity index (χ0n) is 13.0. The Hall–Kier alpha value is -3.07. The molecule has 2 aromatic rings. The van der Waals surface area contributed by atoms with Gasteiger partial charge in [-0.2, -0.15) is 0 Å². The fourth-order valence-electron chi connectivity index (χ4n) is 1.97. The maximum absolute atomic E-state index is 12.3. The van der Waals surface area contributed by atoms with E-state index in [0.717, 1.165) is 0 Å². The molecule has 0 bridgehead atoms. The third kappa shape index (κ3) is 5.50. The van der Waals surface area contributed by atoms with E-state index in [1.165, 1.54) is 36.4 Å². The number of carbonyl (C=O) groups is 2. The number of carbonyl (C=O) groups excluding carboxylic acids is 1. The number of ether oxygens (including phenoxy) is 1. The highest BCUT2D eigenvalue weighted by atomic mass is 32.2. The number of carboxylic acid groups (broad SMARTS) is 1. The van der Waals surface area contributed by atoms with Gasteiger partial charge in [0.15, 0.2) is 6.61 Å². The molecule has 4 N–H and O–H groups in total. The zero-order chi connectivity index (χ0) is 18.4. The molecule has 0 radical (unpaired) electrons. The predicted molar refractivity (Wildman–Crippen MR) is 89.7 cm³/mol. The first-order valence-electron chi connectivity index (χ1n) is 7.11. The van der Waals surface area contributed by atoms with E-state index in [4.69, 9.17) is 15.6 Å². The molecule has 132 valence electrons. The van der Waals surface area contributed by atoms with Gasteiger partial charge < -0.3 is 15.6 Å². The van der Waals surface area contributed by atoms with E-state index >= 15 is 0 Å². The molecule has 0 saturated carbocycles. The summed E-state index contributed by atoms with van der Waals surface area (Å²) < 4.78 is 32.0. The highest BCUT2D eigenvalue weighted by Gasteiger charge is 2.14. The maximum Gasteiger partial charge on any atom is 0.341 e. The second-order valence-corrected chi connectivity index (χ2v) is 6.78. The number of anilines is 1. The molecule has 0 fully saturated rings. The molecule has 2 rings (SSSR count). The maximum atomic E-state index is 12.3. The molecular formula is C16H16N2O6S. The Kier molecular flexibility index (Phi) is 5.60. The summed E-state index contributed by atoms with van der Waals surface area (Å²) in [7, 11) is -3.81. The summed E-state index contributed by atoms with van der Waals surface area (Å²) in [5.41, 5.74) is 6.11. The third-order valence-corrected chi connectivity index (χ3v) is 4.48. The van der Waals surface area contributed by atoms with E-state index in [1.807, 2.05) is 0 Å².